The van der Waals surface area contributed by atoms with Gasteiger partial charge in [0, 0.05) is 6.20 Å². The molecular formula is C12H7N5O2. The molecule has 0 amide bonds. The van der Waals surface area contributed by atoms with Crippen molar-refractivity contribution in [3.05, 3.63) is 28.7 Å². The summed E-state index contributed by atoms with van der Waals surface area (Å²) in [6.07, 6.45) is 1.32. The number of esters is 1. The minimum absolute atomic E-state index is 0.0457. The third-order valence-corrected chi connectivity index (χ3v) is 2.55. The number of carbonyl (C=O) groups is 1. The van der Waals surface area contributed by atoms with Gasteiger partial charge in [-0.3, -0.25) is 4.40 Å². The van der Waals surface area contributed by atoms with Gasteiger partial charge >= 0.3 is 5.97 Å². The number of ether oxygens (including phenoxy) is 1. The van der Waals surface area contributed by atoms with Gasteiger partial charge < -0.3 is 9.72 Å². The molecular weight excluding hydrogens is 246 g/mol. The molecule has 0 unspecified atom stereocenters. The molecule has 1 N–H and O–H groups in total. The molecule has 2 heterocycles. The largest absolute Gasteiger partial charge is 0.462 e. The molecule has 2 aromatic heterocycles. The number of nitrogens with one attached hydrogen (secondary N) is 1. The van der Waals surface area contributed by atoms with Gasteiger partial charge in [0.15, 0.2) is 11.4 Å². The maximum absolute atomic E-state index is 11.7. The molecule has 0 aliphatic rings. The number of H-pyrrole nitrogens is 1. The van der Waals surface area contributed by atoms with Crippen LogP contribution in [0.3, 0.4) is 0 Å². The smallest absolute Gasteiger partial charge is 0.341 e. The van der Waals surface area contributed by atoms with Crippen LogP contribution in [-0.2, 0) is 4.74 Å². The van der Waals surface area contributed by atoms with Gasteiger partial charge in [0.05, 0.1) is 12.2 Å². The van der Waals surface area contributed by atoms with Gasteiger partial charge in [-0.05, 0) is 6.92 Å². The third kappa shape index (κ3) is 1.69. The van der Waals surface area contributed by atoms with Crippen molar-refractivity contribution in [1.82, 2.24) is 9.38 Å². The van der Waals surface area contributed by atoms with Gasteiger partial charge in [-0.2, -0.15) is 15.8 Å². The minimum Gasteiger partial charge on any atom is -0.462 e. The average Bonchev–Trinajstić information content (AvgIpc) is 2.92. The number of nitriles is 3. The fourth-order valence-electron chi connectivity index (χ4n) is 1.77. The van der Waals surface area contributed by atoms with Gasteiger partial charge in [-0.25, -0.2) is 4.79 Å². The van der Waals surface area contributed by atoms with Crippen LogP contribution >= 0.6 is 0 Å². The van der Waals surface area contributed by atoms with Gasteiger partial charge in [-0.15, -0.1) is 0 Å². The summed E-state index contributed by atoms with van der Waals surface area (Å²) in [6, 6.07) is 5.55. The van der Waals surface area contributed by atoms with Crippen molar-refractivity contribution >= 4 is 11.6 Å². The number of fused-ring (bicyclic) bond motifs is 1. The predicted molar refractivity (Wildman–Crippen MR) is 61.8 cm³/mol. The maximum atomic E-state index is 11.7. The van der Waals surface area contributed by atoms with E-state index in [0.29, 0.717) is 0 Å². The first-order chi connectivity index (χ1) is 9.17. The van der Waals surface area contributed by atoms with E-state index in [1.165, 1.54) is 10.6 Å². The lowest BCUT2D eigenvalue weighted by molar-refractivity contribution is 0.0526. The second-order valence-corrected chi connectivity index (χ2v) is 3.54. The fourth-order valence-corrected chi connectivity index (χ4v) is 1.77. The van der Waals surface area contributed by atoms with Crippen molar-refractivity contribution in [2.45, 2.75) is 6.92 Å². The van der Waals surface area contributed by atoms with Crippen molar-refractivity contribution in [2.24, 2.45) is 0 Å². The Balaban J connectivity index is 2.76. The van der Waals surface area contributed by atoms with Gasteiger partial charge in [0.2, 0.25) is 0 Å². The summed E-state index contributed by atoms with van der Waals surface area (Å²) in [4.78, 5) is 14.3. The van der Waals surface area contributed by atoms with Crippen LogP contribution < -0.4 is 0 Å². The molecule has 2 aromatic rings. The topological polar surface area (TPSA) is 118 Å². The number of imidazole rings is 1. The van der Waals surface area contributed by atoms with E-state index in [-0.39, 0.29) is 34.8 Å². The van der Waals surface area contributed by atoms with Crippen LogP contribution in [0.1, 0.15) is 34.2 Å². The molecule has 0 aromatic carbocycles. The number of hydrogen-bond acceptors (Lipinski definition) is 5. The summed E-state index contributed by atoms with van der Waals surface area (Å²) in [6.45, 7) is 1.84. The van der Waals surface area contributed by atoms with Crippen LogP contribution in [-0.4, -0.2) is 22.0 Å². The first-order valence-corrected chi connectivity index (χ1v) is 5.32. The second kappa shape index (κ2) is 4.56. The Labute approximate surface area is 107 Å². The highest BCUT2D eigenvalue weighted by atomic mass is 16.5. The number of hydrogen-bond donors (Lipinski definition) is 1. The lowest BCUT2D eigenvalue weighted by atomic mass is 10.2. The Bertz CT molecular complexity index is 791. The van der Waals surface area contributed by atoms with E-state index in [1.807, 2.05) is 18.2 Å². The highest BCUT2D eigenvalue weighted by Gasteiger charge is 2.22. The lowest BCUT2D eigenvalue weighted by Gasteiger charge is -1.98. The van der Waals surface area contributed by atoms with Crippen LogP contribution in [0.4, 0.5) is 0 Å². The first-order valence-electron chi connectivity index (χ1n) is 5.32. The van der Waals surface area contributed by atoms with Crippen molar-refractivity contribution in [2.75, 3.05) is 6.61 Å². The molecule has 0 fully saturated rings. The zero-order valence-electron chi connectivity index (χ0n) is 9.89. The van der Waals surface area contributed by atoms with Gasteiger partial charge in [0.25, 0.3) is 0 Å². The van der Waals surface area contributed by atoms with Crippen molar-refractivity contribution in [3.8, 4) is 18.2 Å². The van der Waals surface area contributed by atoms with E-state index in [2.05, 4.69) is 4.98 Å². The Hall–Kier alpha value is -3.24. The quantitative estimate of drug-likeness (QED) is 0.802. The third-order valence-electron chi connectivity index (χ3n) is 2.55. The van der Waals surface area contributed by atoms with E-state index in [4.69, 9.17) is 20.5 Å². The molecule has 0 spiro atoms. The molecule has 19 heavy (non-hydrogen) atoms. The van der Waals surface area contributed by atoms with Crippen molar-refractivity contribution in [1.29, 1.82) is 15.8 Å². The lowest BCUT2D eigenvalue weighted by Crippen LogP contribution is -2.05. The zero-order valence-corrected chi connectivity index (χ0v) is 9.89. The molecule has 7 nitrogen and oxygen atoms in total. The van der Waals surface area contributed by atoms with Crippen molar-refractivity contribution in [3.63, 3.8) is 0 Å². The van der Waals surface area contributed by atoms with Crippen molar-refractivity contribution < 1.29 is 9.53 Å². The van der Waals surface area contributed by atoms with E-state index >= 15 is 0 Å². The summed E-state index contributed by atoms with van der Waals surface area (Å²) in [5, 5.41) is 27.0. The number of aromatic nitrogens is 2. The van der Waals surface area contributed by atoms with Crippen LogP contribution in [0.2, 0.25) is 0 Å². The molecule has 0 aliphatic heterocycles. The summed E-state index contributed by atoms with van der Waals surface area (Å²) >= 11 is 0. The van der Waals surface area contributed by atoms with Crippen LogP contribution in [0.25, 0.3) is 5.65 Å². The molecule has 0 aliphatic carbocycles. The molecule has 0 saturated carbocycles. The summed E-state index contributed by atoms with van der Waals surface area (Å²) in [5.41, 5.74) is 0.445. The number of nitrogens with zero attached hydrogens (tertiary/aromatic N) is 4. The Morgan fingerprint density at radius 2 is 2.11 bits per heavy atom. The standard InChI is InChI=1S/C12H7N5O2/c1-2-19-12(18)8-6-17-10(5-15)9(4-14)16-11(17)7(8)3-13/h6,16H,2H2,1H3. The van der Waals surface area contributed by atoms with Crippen LogP contribution in [0.5, 0.6) is 0 Å². The second-order valence-electron chi connectivity index (χ2n) is 3.54. The van der Waals surface area contributed by atoms with Crippen LogP contribution in [0, 0.1) is 34.0 Å². The van der Waals surface area contributed by atoms with E-state index in [1.54, 1.807) is 6.92 Å². The molecule has 7 heteroatoms. The van der Waals surface area contributed by atoms with E-state index in [9.17, 15) is 4.79 Å². The highest BCUT2D eigenvalue weighted by Crippen LogP contribution is 2.21. The summed E-state index contributed by atoms with van der Waals surface area (Å²) in [5.74, 6) is -0.640. The summed E-state index contributed by atoms with van der Waals surface area (Å²) in [7, 11) is 0. The predicted octanol–water partition coefficient (Wildman–Crippen LogP) is 1.06. The molecule has 0 bridgehead atoms. The molecule has 2 rings (SSSR count). The highest BCUT2D eigenvalue weighted by molar-refractivity contribution is 5.95. The molecule has 0 saturated heterocycles. The number of carbonyl (C=O) groups excluding carboxylic acids is 1. The SMILES string of the molecule is CCOC(=O)c1cn2c(C#N)c(C#N)[nH]c2c1C#N. The molecule has 92 valence electrons. The minimum atomic E-state index is -0.640. The number of aromatic amines is 1. The van der Waals surface area contributed by atoms with Crippen LogP contribution in [0.15, 0.2) is 6.20 Å². The first kappa shape index (κ1) is 12.2. The molecule has 0 radical (unpaired) electrons. The van der Waals surface area contributed by atoms with E-state index < -0.39 is 5.97 Å². The summed E-state index contributed by atoms with van der Waals surface area (Å²) < 4.78 is 6.14. The average molecular weight is 253 g/mol. The Morgan fingerprint density at radius 1 is 1.37 bits per heavy atom. The zero-order chi connectivity index (χ0) is 14.0. The Morgan fingerprint density at radius 3 is 2.63 bits per heavy atom. The Kier molecular flexibility index (Phi) is 2.93. The van der Waals surface area contributed by atoms with Gasteiger partial charge in [0.1, 0.15) is 29.4 Å². The normalized spacial score (nSPS) is 9.58. The maximum Gasteiger partial charge on any atom is 0.341 e. The fraction of sp³-hybridized carbons (Fsp3) is 0.167. The molecule has 0 atom stereocenters. The van der Waals surface area contributed by atoms with Gasteiger partial charge in [-0.1, -0.05) is 0 Å². The van der Waals surface area contributed by atoms with E-state index in [0.717, 1.165) is 0 Å². The monoisotopic (exact) mass is 253 g/mol. The number of rotatable bonds is 2.